The van der Waals surface area contributed by atoms with Gasteiger partial charge in [0.1, 0.15) is 5.76 Å². The number of aliphatic imine (C=N–C) groups is 1. The monoisotopic (exact) mass is 520 g/mol. The molecule has 2 aromatic carbocycles. The minimum Gasteiger partial charge on any atom is -0.507 e. The number of aromatic nitrogens is 2. The SMILES string of the molecule is COc1nc(SC)nc(N)c1N=C1C=C(C2=C(O)c3ccccc3C2=O)c2ccccc21.CS(C)=O. The van der Waals surface area contributed by atoms with Crippen molar-refractivity contribution in [3.05, 3.63) is 82.4 Å². The molecule has 0 saturated carbocycles. The number of nitrogens with zero attached hydrogens (tertiary/aromatic N) is 3. The Kier molecular flexibility index (Phi) is 7.37. The largest absolute Gasteiger partial charge is 0.507 e. The maximum absolute atomic E-state index is 13.1. The molecule has 8 nitrogen and oxygen atoms in total. The third-order valence-electron chi connectivity index (χ3n) is 5.40. The highest BCUT2D eigenvalue weighted by molar-refractivity contribution is 7.98. The van der Waals surface area contributed by atoms with Crippen LogP contribution in [0.2, 0.25) is 0 Å². The topological polar surface area (TPSA) is 128 Å². The molecule has 0 unspecified atom stereocenters. The molecule has 2 aliphatic rings. The minimum absolute atomic E-state index is 0.0299. The number of allylic oxidation sites excluding steroid dienone is 3. The highest BCUT2D eigenvalue weighted by atomic mass is 32.2. The van der Waals surface area contributed by atoms with Gasteiger partial charge in [-0.2, -0.15) is 4.98 Å². The second-order valence-electron chi connectivity index (χ2n) is 7.89. The Morgan fingerprint density at radius 2 is 1.58 bits per heavy atom. The molecular weight excluding hydrogens is 496 g/mol. The van der Waals surface area contributed by atoms with Gasteiger partial charge < -0.3 is 15.6 Å². The van der Waals surface area contributed by atoms with E-state index in [0.717, 1.165) is 11.1 Å². The van der Waals surface area contributed by atoms with Gasteiger partial charge >= 0.3 is 0 Å². The van der Waals surface area contributed by atoms with Crippen molar-refractivity contribution in [1.82, 2.24) is 9.97 Å². The maximum atomic E-state index is 13.1. The number of fused-ring (bicyclic) bond motifs is 2. The molecule has 0 atom stereocenters. The zero-order valence-electron chi connectivity index (χ0n) is 20.1. The van der Waals surface area contributed by atoms with Crippen molar-refractivity contribution >= 4 is 56.9 Å². The highest BCUT2D eigenvalue weighted by Crippen LogP contribution is 2.43. The van der Waals surface area contributed by atoms with Crippen LogP contribution < -0.4 is 10.5 Å². The summed E-state index contributed by atoms with van der Waals surface area (Å²) in [6.45, 7) is 0. The van der Waals surface area contributed by atoms with Gasteiger partial charge in [0.25, 0.3) is 0 Å². The summed E-state index contributed by atoms with van der Waals surface area (Å²) in [7, 11) is 0.886. The molecule has 1 heterocycles. The number of hydrogen-bond donors (Lipinski definition) is 2. The Labute approximate surface area is 215 Å². The fourth-order valence-electron chi connectivity index (χ4n) is 3.94. The van der Waals surface area contributed by atoms with E-state index >= 15 is 0 Å². The Morgan fingerprint density at radius 3 is 2.17 bits per heavy atom. The van der Waals surface area contributed by atoms with Crippen molar-refractivity contribution in [2.75, 3.05) is 31.6 Å². The number of carbonyl (C=O) groups is 1. The summed E-state index contributed by atoms with van der Waals surface area (Å²) in [6.07, 6.45) is 6.90. The number of hydrogen-bond acceptors (Lipinski definition) is 9. The Morgan fingerprint density at radius 1 is 1.00 bits per heavy atom. The second kappa shape index (κ2) is 10.5. The first kappa shape index (κ1) is 25.3. The molecule has 0 bridgehead atoms. The first-order valence-corrected chi connectivity index (χ1v) is 13.9. The number of thioether (sulfide) groups is 1. The van der Waals surface area contributed by atoms with Crippen LogP contribution in [0.15, 0.2) is 70.3 Å². The van der Waals surface area contributed by atoms with Crippen molar-refractivity contribution < 1.29 is 18.8 Å². The molecule has 0 fully saturated rings. The first-order chi connectivity index (χ1) is 17.3. The molecule has 0 amide bonds. The smallest absolute Gasteiger partial charge is 0.246 e. The average molecular weight is 521 g/mol. The van der Waals surface area contributed by atoms with Gasteiger partial charge in [0, 0.05) is 40.0 Å². The van der Waals surface area contributed by atoms with Crippen LogP contribution in [0.3, 0.4) is 0 Å². The van der Waals surface area contributed by atoms with Gasteiger partial charge in [-0.3, -0.25) is 9.00 Å². The van der Waals surface area contributed by atoms with Gasteiger partial charge in [-0.25, -0.2) is 9.98 Å². The van der Waals surface area contributed by atoms with E-state index in [4.69, 9.17) is 15.5 Å². The molecule has 0 radical (unpaired) electrons. The Bertz CT molecular complexity index is 1490. The van der Waals surface area contributed by atoms with Crippen molar-refractivity contribution in [3.63, 3.8) is 0 Å². The number of nitrogen functional groups attached to an aromatic ring is 1. The quantitative estimate of drug-likeness (QED) is 0.381. The van der Waals surface area contributed by atoms with Gasteiger partial charge in [-0.05, 0) is 23.5 Å². The maximum Gasteiger partial charge on any atom is 0.246 e. The van der Waals surface area contributed by atoms with Crippen LogP contribution in [-0.4, -0.2) is 56.7 Å². The van der Waals surface area contributed by atoms with E-state index in [1.807, 2.05) is 30.5 Å². The summed E-state index contributed by atoms with van der Waals surface area (Å²) in [5, 5.41) is 11.4. The van der Waals surface area contributed by atoms with E-state index in [-0.39, 0.29) is 28.8 Å². The number of anilines is 1. The Hall–Kier alpha value is -3.76. The number of benzene rings is 2. The summed E-state index contributed by atoms with van der Waals surface area (Å²) in [4.78, 5) is 26.4. The number of aliphatic hydroxyl groups excluding tert-OH is 1. The fraction of sp³-hybridized carbons (Fsp3) is 0.154. The molecule has 3 N–H and O–H groups in total. The average Bonchev–Trinajstić information content (AvgIpc) is 3.34. The number of nitrogens with two attached hydrogens (primary N) is 1. The van der Waals surface area contributed by atoms with E-state index in [1.54, 1.807) is 42.9 Å². The molecule has 5 rings (SSSR count). The lowest BCUT2D eigenvalue weighted by Gasteiger charge is -2.08. The first-order valence-electron chi connectivity index (χ1n) is 10.7. The van der Waals surface area contributed by atoms with Crippen molar-refractivity contribution in [2.24, 2.45) is 4.99 Å². The van der Waals surface area contributed by atoms with Gasteiger partial charge in [0.15, 0.2) is 22.4 Å². The highest BCUT2D eigenvalue weighted by Gasteiger charge is 2.35. The normalized spacial score (nSPS) is 15.0. The van der Waals surface area contributed by atoms with Crippen LogP contribution in [0.25, 0.3) is 11.3 Å². The number of rotatable bonds is 4. The number of methoxy groups -OCH3 is 1. The summed E-state index contributed by atoms with van der Waals surface area (Å²) in [5.41, 5.74) is 10.5. The zero-order valence-corrected chi connectivity index (χ0v) is 21.7. The molecule has 2 aliphatic carbocycles. The molecule has 184 valence electrons. The number of aliphatic hydroxyl groups is 1. The van der Waals surface area contributed by atoms with E-state index < -0.39 is 10.8 Å². The predicted molar refractivity (Wildman–Crippen MR) is 146 cm³/mol. The van der Waals surface area contributed by atoms with Crippen molar-refractivity contribution in [3.8, 4) is 5.88 Å². The van der Waals surface area contributed by atoms with Crippen molar-refractivity contribution in [2.45, 2.75) is 5.16 Å². The van der Waals surface area contributed by atoms with E-state index in [0.29, 0.717) is 33.3 Å². The molecule has 10 heteroatoms. The van der Waals surface area contributed by atoms with Crippen LogP contribution in [0, 0.1) is 0 Å². The number of ether oxygens (including phenoxy) is 1. The summed E-state index contributed by atoms with van der Waals surface area (Å²) in [6, 6.07) is 14.6. The lowest BCUT2D eigenvalue weighted by molar-refractivity contribution is 0.104. The number of carbonyl (C=O) groups excluding carboxylic acids is 1. The summed E-state index contributed by atoms with van der Waals surface area (Å²) >= 11 is 1.35. The third kappa shape index (κ3) is 4.69. The fourth-order valence-corrected chi connectivity index (χ4v) is 4.30. The molecule has 0 saturated heterocycles. The molecule has 0 aliphatic heterocycles. The van der Waals surface area contributed by atoms with Crippen molar-refractivity contribution in [1.29, 1.82) is 0 Å². The van der Waals surface area contributed by atoms with Crippen LogP contribution in [-0.2, 0) is 10.8 Å². The van der Waals surface area contributed by atoms with Gasteiger partial charge in [0.05, 0.1) is 18.4 Å². The minimum atomic E-state index is -0.611. The number of ketones is 1. The lowest BCUT2D eigenvalue weighted by atomic mass is 9.96. The van der Waals surface area contributed by atoms with E-state index in [9.17, 15) is 14.1 Å². The van der Waals surface area contributed by atoms with Gasteiger partial charge in [0.2, 0.25) is 5.88 Å². The summed E-state index contributed by atoms with van der Waals surface area (Å²) in [5.74, 6) is 0.211. The molecule has 36 heavy (non-hydrogen) atoms. The third-order valence-corrected chi connectivity index (χ3v) is 5.95. The van der Waals surface area contributed by atoms with Crippen LogP contribution in [0.1, 0.15) is 27.0 Å². The molecule has 1 aromatic heterocycles. The molecule has 3 aromatic rings. The zero-order chi connectivity index (χ0) is 26.0. The van der Waals surface area contributed by atoms with Gasteiger partial charge in [-0.1, -0.05) is 60.3 Å². The lowest BCUT2D eigenvalue weighted by Crippen LogP contribution is -2.01. The van der Waals surface area contributed by atoms with E-state index in [1.165, 1.54) is 18.9 Å². The molecule has 0 spiro atoms. The van der Waals surface area contributed by atoms with Gasteiger partial charge in [-0.15, -0.1) is 0 Å². The predicted octanol–water partition coefficient (Wildman–Crippen LogP) is 4.47. The van der Waals surface area contributed by atoms with Crippen LogP contribution in [0.5, 0.6) is 5.88 Å². The standard InChI is InChI=1S/C24H18N4O3S.C2H6OS/c1-31-23-19(22(25)27-24(28-23)32-2)26-17-11-16(12-7-3-4-8-13(12)17)18-20(29)14-9-5-6-10-15(14)21(18)30;1-4(2)3/h3-11,29H,1-2H3,(H2,25,27,28);1-2H3. The summed E-state index contributed by atoms with van der Waals surface area (Å²) < 4.78 is 14.9. The van der Waals surface area contributed by atoms with Crippen LogP contribution >= 0.6 is 11.8 Å². The number of Topliss-reactive ketones (excluding diaryl/α,β-unsaturated/α-hetero) is 1. The second-order valence-corrected chi connectivity index (χ2v) is 10.2. The van der Waals surface area contributed by atoms with E-state index in [2.05, 4.69) is 9.97 Å². The molecular formula is C26H24N4O4S2. The Balaban J connectivity index is 0.000000709. The van der Waals surface area contributed by atoms with Crippen LogP contribution in [0.4, 0.5) is 11.5 Å².